The van der Waals surface area contributed by atoms with Gasteiger partial charge in [-0.3, -0.25) is 9.67 Å². The molecule has 4 aromatic rings. The quantitative estimate of drug-likeness (QED) is 0.300. The zero-order chi connectivity index (χ0) is 23.9. The Labute approximate surface area is 200 Å². The number of benzene rings is 1. The highest BCUT2D eigenvalue weighted by Crippen LogP contribution is 2.30. The van der Waals surface area contributed by atoms with Crippen molar-refractivity contribution in [1.29, 1.82) is 0 Å². The van der Waals surface area contributed by atoms with Crippen LogP contribution in [0.15, 0.2) is 104 Å². The number of hydrogen-bond donors (Lipinski definition) is 1. The van der Waals surface area contributed by atoms with E-state index in [2.05, 4.69) is 47.5 Å². The molecule has 0 fully saturated rings. The Morgan fingerprint density at radius 3 is 2.59 bits per heavy atom. The van der Waals surface area contributed by atoms with Crippen LogP contribution in [0.4, 0.5) is 11.6 Å². The third kappa shape index (κ3) is 5.72. The van der Waals surface area contributed by atoms with Gasteiger partial charge in [-0.25, -0.2) is 9.97 Å². The van der Waals surface area contributed by atoms with E-state index in [1.165, 1.54) is 5.56 Å². The van der Waals surface area contributed by atoms with Gasteiger partial charge in [0.2, 0.25) is 5.95 Å². The molecule has 0 atom stereocenters. The molecule has 0 saturated carbocycles. The average molecular weight is 449 g/mol. The Hall–Kier alpha value is -4.32. The Bertz CT molecular complexity index is 1320. The fourth-order valence-electron chi connectivity index (χ4n) is 3.45. The van der Waals surface area contributed by atoms with Crippen LogP contribution in [0.5, 0.6) is 0 Å². The summed E-state index contributed by atoms with van der Waals surface area (Å²) in [4.78, 5) is 13.5. The summed E-state index contributed by atoms with van der Waals surface area (Å²) < 4.78 is 1.88. The predicted molar refractivity (Wildman–Crippen MR) is 139 cm³/mol. The minimum atomic E-state index is 0.528. The first-order valence-electron chi connectivity index (χ1n) is 11.2. The third-order valence-corrected chi connectivity index (χ3v) is 5.22. The number of allylic oxidation sites excluding steroid dienone is 4. The van der Waals surface area contributed by atoms with Gasteiger partial charge in [0.1, 0.15) is 5.69 Å². The molecule has 0 amide bonds. The van der Waals surface area contributed by atoms with E-state index in [0.29, 0.717) is 12.5 Å². The van der Waals surface area contributed by atoms with Crippen molar-refractivity contribution >= 4 is 11.6 Å². The van der Waals surface area contributed by atoms with Crippen LogP contribution in [0, 0.1) is 0 Å². The first-order chi connectivity index (χ1) is 16.5. The summed E-state index contributed by atoms with van der Waals surface area (Å²) >= 11 is 0. The maximum atomic E-state index is 4.84. The Balaban J connectivity index is 1.66. The van der Waals surface area contributed by atoms with E-state index in [-0.39, 0.29) is 0 Å². The van der Waals surface area contributed by atoms with Crippen molar-refractivity contribution in [3.63, 3.8) is 0 Å². The van der Waals surface area contributed by atoms with Crippen molar-refractivity contribution in [3.8, 4) is 22.5 Å². The molecule has 0 radical (unpaired) electrons. The van der Waals surface area contributed by atoms with Crippen molar-refractivity contribution in [1.82, 2.24) is 24.7 Å². The summed E-state index contributed by atoms with van der Waals surface area (Å²) in [6.45, 7) is 12.7. The van der Waals surface area contributed by atoms with Crippen LogP contribution in [0.1, 0.15) is 19.4 Å². The molecule has 1 N–H and O–H groups in total. The molecule has 3 aromatic heterocycles. The molecule has 3 heterocycles. The maximum Gasteiger partial charge on any atom is 0.227 e. The molecule has 0 unspecified atom stereocenters. The third-order valence-electron chi connectivity index (χ3n) is 5.22. The summed E-state index contributed by atoms with van der Waals surface area (Å²) in [6, 6.07) is 14.1. The fourth-order valence-corrected chi connectivity index (χ4v) is 3.45. The molecule has 170 valence electrons. The van der Waals surface area contributed by atoms with Crippen LogP contribution in [-0.2, 0) is 13.0 Å². The van der Waals surface area contributed by atoms with Gasteiger partial charge in [-0.15, -0.1) is 0 Å². The van der Waals surface area contributed by atoms with Crippen molar-refractivity contribution < 1.29 is 0 Å². The fraction of sp³-hybridized carbons (Fsp3) is 0.143. The Morgan fingerprint density at radius 2 is 1.88 bits per heavy atom. The molecule has 0 bridgehead atoms. The number of hydrogen-bond acceptors (Lipinski definition) is 5. The zero-order valence-corrected chi connectivity index (χ0v) is 19.6. The van der Waals surface area contributed by atoms with Gasteiger partial charge in [0, 0.05) is 41.6 Å². The number of aryl methyl sites for hydroxylation is 1. The summed E-state index contributed by atoms with van der Waals surface area (Å²) in [6.07, 6.45) is 12.2. The highest BCUT2D eigenvalue weighted by Gasteiger charge is 2.15. The zero-order valence-electron chi connectivity index (χ0n) is 19.6. The summed E-state index contributed by atoms with van der Waals surface area (Å²) in [7, 11) is 0. The molecule has 6 nitrogen and oxygen atoms in total. The van der Waals surface area contributed by atoms with E-state index in [9.17, 15) is 0 Å². The van der Waals surface area contributed by atoms with Gasteiger partial charge in [-0.1, -0.05) is 49.9 Å². The number of anilines is 2. The average Bonchev–Trinajstić information content (AvgIpc) is 3.28. The molecule has 6 heteroatoms. The standard InChI is InChI=1S/C28H28N6/c1-5-22-10-12-24(13-11-22)31-28-30-16-14-26(32-28)25-19-34(18-21(4)9-8-20(2)3)33-27(25)23-7-6-15-29-17-23/h6-17,19H,2,4-5,18H2,1,3H3,(H,30,31,32)/b9-8-. The number of aromatic nitrogens is 5. The van der Waals surface area contributed by atoms with Crippen molar-refractivity contribution in [2.75, 3.05) is 5.32 Å². The van der Waals surface area contributed by atoms with Gasteiger partial charge in [-0.2, -0.15) is 5.10 Å². The van der Waals surface area contributed by atoms with Crippen LogP contribution in [0.2, 0.25) is 0 Å². The summed E-state index contributed by atoms with van der Waals surface area (Å²) in [5, 5.41) is 8.13. The van der Waals surface area contributed by atoms with Gasteiger partial charge >= 0.3 is 0 Å². The van der Waals surface area contributed by atoms with E-state index >= 15 is 0 Å². The first-order valence-corrected chi connectivity index (χ1v) is 11.2. The molecule has 0 aliphatic carbocycles. The van der Waals surface area contributed by atoms with E-state index < -0.39 is 0 Å². The van der Waals surface area contributed by atoms with Crippen molar-refractivity contribution in [2.24, 2.45) is 0 Å². The minimum Gasteiger partial charge on any atom is -0.324 e. The normalized spacial score (nSPS) is 11.0. The lowest BCUT2D eigenvalue weighted by Gasteiger charge is -2.07. The molecular weight excluding hydrogens is 420 g/mol. The summed E-state index contributed by atoms with van der Waals surface area (Å²) in [5.74, 6) is 0.528. The van der Waals surface area contributed by atoms with Crippen LogP contribution in [0.3, 0.4) is 0 Å². The predicted octanol–water partition coefficient (Wildman–Crippen LogP) is 6.40. The van der Waals surface area contributed by atoms with Crippen LogP contribution in [-0.4, -0.2) is 24.7 Å². The smallest absolute Gasteiger partial charge is 0.227 e. The van der Waals surface area contributed by atoms with Crippen LogP contribution >= 0.6 is 0 Å². The second kappa shape index (κ2) is 10.5. The molecule has 34 heavy (non-hydrogen) atoms. The highest BCUT2D eigenvalue weighted by molar-refractivity contribution is 5.78. The molecule has 0 aliphatic rings. The second-order valence-corrected chi connectivity index (χ2v) is 8.11. The Morgan fingerprint density at radius 1 is 1.06 bits per heavy atom. The van der Waals surface area contributed by atoms with Gasteiger partial charge in [-0.05, 0) is 54.8 Å². The molecule has 0 saturated heterocycles. The molecule has 0 spiro atoms. The number of nitrogens with one attached hydrogen (secondary N) is 1. The highest BCUT2D eigenvalue weighted by atomic mass is 15.3. The first kappa shape index (κ1) is 22.9. The number of rotatable bonds is 9. The van der Waals surface area contributed by atoms with Crippen LogP contribution in [0.25, 0.3) is 22.5 Å². The molecule has 4 rings (SSSR count). The maximum absolute atomic E-state index is 4.84. The Kier molecular flexibility index (Phi) is 7.08. The second-order valence-electron chi connectivity index (χ2n) is 8.11. The number of pyridine rings is 1. The van der Waals surface area contributed by atoms with Gasteiger partial charge in [0.05, 0.1) is 12.2 Å². The molecule has 1 aromatic carbocycles. The van der Waals surface area contributed by atoms with Crippen LogP contribution < -0.4 is 5.32 Å². The van der Waals surface area contributed by atoms with E-state index in [1.807, 2.05) is 66.5 Å². The lowest BCUT2D eigenvalue weighted by Crippen LogP contribution is -1.99. The van der Waals surface area contributed by atoms with Gasteiger partial charge in [0.25, 0.3) is 0 Å². The van der Waals surface area contributed by atoms with Crippen molar-refractivity contribution in [3.05, 3.63) is 109 Å². The SMILES string of the molecule is C=C(C)/C=C\C(=C)Cn1cc(-c2ccnc(Nc3ccc(CC)cc3)n2)c(-c2cccnc2)n1. The van der Waals surface area contributed by atoms with Gasteiger partial charge in [0.15, 0.2) is 0 Å². The lowest BCUT2D eigenvalue weighted by molar-refractivity contribution is 0.690. The van der Waals surface area contributed by atoms with E-state index in [4.69, 9.17) is 10.1 Å². The van der Waals surface area contributed by atoms with Crippen molar-refractivity contribution in [2.45, 2.75) is 26.8 Å². The molecular formula is C28H28N6. The monoisotopic (exact) mass is 448 g/mol. The molecule has 0 aliphatic heterocycles. The topological polar surface area (TPSA) is 68.5 Å². The number of nitrogens with zero attached hydrogens (tertiary/aromatic N) is 5. The largest absolute Gasteiger partial charge is 0.324 e. The van der Waals surface area contributed by atoms with E-state index in [1.54, 1.807) is 12.4 Å². The van der Waals surface area contributed by atoms with Gasteiger partial charge < -0.3 is 5.32 Å². The summed E-state index contributed by atoms with van der Waals surface area (Å²) in [5.41, 5.74) is 7.53. The van der Waals surface area contributed by atoms with E-state index in [0.717, 1.165) is 45.8 Å². The minimum absolute atomic E-state index is 0.528. The lowest BCUT2D eigenvalue weighted by atomic mass is 10.1.